The molecule has 30 heavy (non-hydrogen) atoms. The molecule has 2 aromatic rings. The van der Waals surface area contributed by atoms with E-state index < -0.39 is 0 Å². The second-order valence-corrected chi connectivity index (χ2v) is 7.45. The lowest BCUT2D eigenvalue weighted by atomic mass is 10.1. The zero-order chi connectivity index (χ0) is 20.5. The highest BCUT2D eigenvalue weighted by Crippen LogP contribution is 2.19. The molecule has 1 aliphatic heterocycles. The number of likely N-dealkylation sites (N-methyl/N-ethyl adjacent to an activating group) is 1. The van der Waals surface area contributed by atoms with Crippen molar-refractivity contribution in [3.63, 3.8) is 0 Å². The summed E-state index contributed by atoms with van der Waals surface area (Å²) in [4.78, 5) is 6.88. The number of guanidine groups is 1. The summed E-state index contributed by atoms with van der Waals surface area (Å²) in [5.41, 5.74) is 1.32. The number of halogens is 1. The minimum atomic E-state index is 0. The summed E-state index contributed by atoms with van der Waals surface area (Å²) in [7, 11) is 1.81. The Morgan fingerprint density at radius 2 is 1.87 bits per heavy atom. The Hall–Kier alpha value is -1.68. The third-order valence-electron chi connectivity index (χ3n) is 5.72. The average Bonchev–Trinajstić information content (AvgIpc) is 2.99. The number of aryl methyl sites for hydroxylation is 1. The molecule has 2 heterocycles. The van der Waals surface area contributed by atoms with Crippen molar-refractivity contribution in [1.82, 2.24) is 30.3 Å². The van der Waals surface area contributed by atoms with E-state index in [1.807, 2.05) is 7.05 Å². The molecule has 1 aliphatic rings. The Balaban J connectivity index is 0.00000320. The van der Waals surface area contributed by atoms with Crippen LogP contribution in [0.3, 0.4) is 0 Å². The number of hydrogen-bond acceptors (Lipinski definition) is 4. The van der Waals surface area contributed by atoms with Crippen molar-refractivity contribution in [3.8, 4) is 0 Å². The van der Waals surface area contributed by atoms with Gasteiger partial charge in [0.1, 0.15) is 5.82 Å². The quantitative estimate of drug-likeness (QED) is 0.314. The smallest absolute Gasteiger partial charge is 0.191 e. The zero-order valence-electron chi connectivity index (χ0n) is 18.5. The third-order valence-corrected chi connectivity index (χ3v) is 5.72. The van der Waals surface area contributed by atoms with Gasteiger partial charge in [0, 0.05) is 26.6 Å². The summed E-state index contributed by atoms with van der Waals surface area (Å²) in [5.74, 6) is 2.91. The standard InChI is InChI=1S/C22H35N7.HI/c1-4-28(5-2)19(18-12-8-6-9-13-18)16-24-22(23-3)25-17-21-27-26-20-14-10-7-11-15-29(20)21;/h6,8-9,12-13,19H,4-5,7,10-11,14-17H2,1-3H3,(H2,23,24,25);1H. The molecular formula is C22H36IN7. The largest absolute Gasteiger partial charge is 0.354 e. The second-order valence-electron chi connectivity index (χ2n) is 7.45. The topological polar surface area (TPSA) is 70.4 Å². The molecule has 1 unspecified atom stereocenters. The van der Waals surface area contributed by atoms with E-state index in [2.05, 4.69) is 79.5 Å². The maximum atomic E-state index is 4.41. The first-order valence-corrected chi connectivity index (χ1v) is 10.9. The molecule has 0 bridgehead atoms. The lowest BCUT2D eigenvalue weighted by molar-refractivity contribution is 0.219. The summed E-state index contributed by atoms with van der Waals surface area (Å²) >= 11 is 0. The van der Waals surface area contributed by atoms with Crippen molar-refractivity contribution >= 4 is 29.9 Å². The Kier molecular flexibility index (Phi) is 10.6. The number of nitrogens with zero attached hydrogens (tertiary/aromatic N) is 5. The number of hydrogen-bond donors (Lipinski definition) is 2. The Morgan fingerprint density at radius 3 is 2.57 bits per heavy atom. The van der Waals surface area contributed by atoms with Gasteiger partial charge in [-0.3, -0.25) is 9.89 Å². The first-order chi connectivity index (χ1) is 14.3. The van der Waals surface area contributed by atoms with Gasteiger partial charge in [0.05, 0.1) is 12.6 Å². The minimum absolute atomic E-state index is 0. The van der Waals surface area contributed by atoms with E-state index in [0.29, 0.717) is 12.6 Å². The van der Waals surface area contributed by atoms with Crippen LogP contribution in [-0.2, 0) is 19.5 Å². The summed E-state index contributed by atoms with van der Waals surface area (Å²) in [6.07, 6.45) is 4.71. The van der Waals surface area contributed by atoms with Crippen molar-refractivity contribution in [1.29, 1.82) is 0 Å². The number of aromatic nitrogens is 3. The zero-order valence-corrected chi connectivity index (χ0v) is 20.8. The molecule has 0 spiro atoms. The van der Waals surface area contributed by atoms with Crippen molar-refractivity contribution in [2.24, 2.45) is 4.99 Å². The van der Waals surface area contributed by atoms with Gasteiger partial charge >= 0.3 is 0 Å². The molecule has 8 heteroatoms. The predicted molar refractivity (Wildman–Crippen MR) is 133 cm³/mol. The normalized spacial score (nSPS) is 15.1. The van der Waals surface area contributed by atoms with Crippen LogP contribution in [0.15, 0.2) is 35.3 Å². The maximum absolute atomic E-state index is 4.41. The van der Waals surface area contributed by atoms with Crippen LogP contribution in [0.2, 0.25) is 0 Å². The fourth-order valence-corrected chi connectivity index (χ4v) is 4.05. The van der Waals surface area contributed by atoms with Gasteiger partial charge in [-0.05, 0) is 31.5 Å². The molecule has 0 saturated carbocycles. The van der Waals surface area contributed by atoms with Crippen LogP contribution < -0.4 is 10.6 Å². The summed E-state index contributed by atoms with van der Waals surface area (Å²) in [6.45, 7) is 8.89. The molecule has 2 N–H and O–H groups in total. The highest BCUT2D eigenvalue weighted by atomic mass is 127. The third kappa shape index (κ3) is 6.41. The van der Waals surface area contributed by atoms with Crippen molar-refractivity contribution < 1.29 is 0 Å². The van der Waals surface area contributed by atoms with Gasteiger partial charge in [0.2, 0.25) is 0 Å². The molecular weight excluding hydrogens is 489 g/mol. The highest BCUT2D eigenvalue weighted by Gasteiger charge is 2.19. The van der Waals surface area contributed by atoms with Crippen LogP contribution in [-0.4, -0.2) is 52.3 Å². The summed E-state index contributed by atoms with van der Waals surface area (Å²) in [5, 5.41) is 15.7. The van der Waals surface area contributed by atoms with Crippen LogP contribution in [0, 0.1) is 0 Å². The number of aliphatic imine (C=N–C) groups is 1. The van der Waals surface area contributed by atoms with E-state index in [0.717, 1.165) is 50.2 Å². The average molecular weight is 525 g/mol. The number of rotatable bonds is 8. The first kappa shape index (κ1) is 24.6. The van der Waals surface area contributed by atoms with E-state index in [1.54, 1.807) is 0 Å². The van der Waals surface area contributed by atoms with Crippen LogP contribution >= 0.6 is 24.0 Å². The van der Waals surface area contributed by atoms with Crippen LogP contribution in [0.4, 0.5) is 0 Å². The van der Waals surface area contributed by atoms with Crippen LogP contribution in [0.25, 0.3) is 0 Å². The van der Waals surface area contributed by atoms with Crippen molar-refractivity contribution in [3.05, 3.63) is 47.5 Å². The summed E-state index contributed by atoms with van der Waals surface area (Å²) in [6, 6.07) is 11.0. The Bertz CT molecular complexity index is 771. The molecule has 0 radical (unpaired) electrons. The second kappa shape index (κ2) is 12.9. The molecule has 7 nitrogen and oxygen atoms in total. The predicted octanol–water partition coefficient (Wildman–Crippen LogP) is 3.37. The highest BCUT2D eigenvalue weighted by molar-refractivity contribution is 14.0. The van der Waals surface area contributed by atoms with Gasteiger partial charge in [-0.25, -0.2) is 0 Å². The van der Waals surface area contributed by atoms with E-state index >= 15 is 0 Å². The van der Waals surface area contributed by atoms with Gasteiger partial charge in [0.25, 0.3) is 0 Å². The fraction of sp³-hybridized carbons (Fsp3) is 0.591. The Morgan fingerprint density at radius 1 is 1.10 bits per heavy atom. The monoisotopic (exact) mass is 525 g/mol. The molecule has 1 aromatic heterocycles. The van der Waals surface area contributed by atoms with Gasteiger partial charge in [0.15, 0.2) is 11.8 Å². The lowest BCUT2D eigenvalue weighted by Gasteiger charge is -2.30. The first-order valence-electron chi connectivity index (χ1n) is 10.9. The minimum Gasteiger partial charge on any atom is -0.354 e. The van der Waals surface area contributed by atoms with Gasteiger partial charge in [-0.1, -0.05) is 50.6 Å². The van der Waals surface area contributed by atoms with E-state index in [1.165, 1.54) is 24.8 Å². The van der Waals surface area contributed by atoms with Crippen molar-refractivity contribution in [2.75, 3.05) is 26.7 Å². The van der Waals surface area contributed by atoms with Crippen molar-refractivity contribution in [2.45, 2.75) is 58.7 Å². The Labute approximate surface area is 197 Å². The van der Waals surface area contributed by atoms with E-state index in [4.69, 9.17) is 0 Å². The van der Waals surface area contributed by atoms with Gasteiger partial charge in [-0.15, -0.1) is 34.2 Å². The van der Waals surface area contributed by atoms with E-state index in [9.17, 15) is 0 Å². The SMILES string of the molecule is CCN(CC)C(CNC(=NC)NCc1nnc2n1CCCCC2)c1ccccc1.I. The van der Waals surface area contributed by atoms with Gasteiger partial charge in [-0.2, -0.15) is 0 Å². The molecule has 0 amide bonds. The number of nitrogens with one attached hydrogen (secondary N) is 2. The number of fused-ring (bicyclic) bond motifs is 1. The molecule has 0 aliphatic carbocycles. The van der Waals surface area contributed by atoms with Crippen LogP contribution in [0.5, 0.6) is 0 Å². The van der Waals surface area contributed by atoms with E-state index in [-0.39, 0.29) is 24.0 Å². The molecule has 0 fully saturated rings. The van der Waals surface area contributed by atoms with Gasteiger partial charge < -0.3 is 15.2 Å². The lowest BCUT2D eigenvalue weighted by Crippen LogP contribution is -2.43. The summed E-state index contributed by atoms with van der Waals surface area (Å²) < 4.78 is 2.27. The van der Waals surface area contributed by atoms with Crippen LogP contribution in [0.1, 0.15) is 56.4 Å². The molecule has 166 valence electrons. The molecule has 3 rings (SSSR count). The molecule has 0 saturated heterocycles. The molecule has 1 aromatic carbocycles. The number of benzene rings is 1. The fourth-order valence-electron chi connectivity index (χ4n) is 4.05. The maximum Gasteiger partial charge on any atom is 0.191 e. The molecule has 1 atom stereocenters.